The van der Waals surface area contributed by atoms with E-state index in [0.29, 0.717) is 5.56 Å². The highest BCUT2D eigenvalue weighted by Gasteiger charge is 2.08. The number of methoxy groups -OCH3 is 1. The van der Waals surface area contributed by atoms with Crippen LogP contribution in [0.4, 0.5) is 0 Å². The largest absolute Gasteiger partial charge is 0.465 e. The molecule has 0 bridgehead atoms. The third kappa shape index (κ3) is 1.50. The minimum absolute atomic E-state index is 0.296. The maximum atomic E-state index is 11.3. The summed E-state index contributed by atoms with van der Waals surface area (Å²) in [6, 6.07) is 7.67. The molecule has 0 spiro atoms. The quantitative estimate of drug-likeness (QED) is 0.666. The smallest absolute Gasteiger partial charge is 0.337 e. The van der Waals surface area contributed by atoms with Crippen LogP contribution in [0.5, 0.6) is 0 Å². The fourth-order valence-corrected chi connectivity index (χ4v) is 1.71. The standard InChI is InChI=1S/C12H13NO2/c1-8-6-9-4-5-10(12(14)15-3)7-11(9)13(8)2/h4-7H,1-3H3. The zero-order valence-electron chi connectivity index (χ0n) is 9.07. The first-order chi connectivity index (χ1) is 7.13. The Morgan fingerprint density at radius 1 is 1.33 bits per heavy atom. The Morgan fingerprint density at radius 3 is 2.73 bits per heavy atom. The predicted octanol–water partition coefficient (Wildman–Crippen LogP) is 2.27. The zero-order valence-corrected chi connectivity index (χ0v) is 9.07. The highest BCUT2D eigenvalue weighted by Crippen LogP contribution is 2.19. The molecule has 3 nitrogen and oxygen atoms in total. The van der Waals surface area contributed by atoms with Gasteiger partial charge in [0.05, 0.1) is 12.7 Å². The second kappa shape index (κ2) is 3.42. The molecular weight excluding hydrogens is 190 g/mol. The lowest BCUT2D eigenvalue weighted by atomic mass is 10.1. The number of esters is 1. The van der Waals surface area contributed by atoms with E-state index in [9.17, 15) is 4.79 Å². The molecule has 0 aliphatic carbocycles. The van der Waals surface area contributed by atoms with E-state index in [1.165, 1.54) is 12.8 Å². The number of hydrogen-bond acceptors (Lipinski definition) is 2. The summed E-state index contributed by atoms with van der Waals surface area (Å²) in [6.45, 7) is 2.04. The fourth-order valence-electron chi connectivity index (χ4n) is 1.71. The van der Waals surface area contributed by atoms with E-state index in [1.54, 1.807) is 6.07 Å². The molecule has 2 aromatic rings. The van der Waals surface area contributed by atoms with Crippen molar-refractivity contribution in [3.63, 3.8) is 0 Å². The first kappa shape index (κ1) is 9.77. The van der Waals surface area contributed by atoms with Gasteiger partial charge in [0.25, 0.3) is 0 Å². The van der Waals surface area contributed by atoms with Gasteiger partial charge in [-0.05, 0) is 30.5 Å². The van der Waals surface area contributed by atoms with Gasteiger partial charge < -0.3 is 9.30 Å². The van der Waals surface area contributed by atoms with Gasteiger partial charge in [-0.25, -0.2) is 4.79 Å². The monoisotopic (exact) mass is 203 g/mol. The average molecular weight is 203 g/mol. The number of hydrogen-bond donors (Lipinski definition) is 0. The van der Waals surface area contributed by atoms with Gasteiger partial charge in [0.2, 0.25) is 0 Å². The molecule has 3 heteroatoms. The van der Waals surface area contributed by atoms with Crippen LogP contribution in [0.3, 0.4) is 0 Å². The maximum absolute atomic E-state index is 11.3. The van der Waals surface area contributed by atoms with Crippen LogP contribution in [0, 0.1) is 6.92 Å². The van der Waals surface area contributed by atoms with Crippen molar-refractivity contribution in [2.45, 2.75) is 6.92 Å². The molecule has 1 aromatic heterocycles. The lowest BCUT2D eigenvalue weighted by Crippen LogP contribution is -2.01. The van der Waals surface area contributed by atoms with Crippen molar-refractivity contribution in [3.05, 3.63) is 35.5 Å². The molecule has 0 fully saturated rings. The first-order valence-corrected chi connectivity index (χ1v) is 4.78. The van der Waals surface area contributed by atoms with Crippen molar-refractivity contribution in [1.29, 1.82) is 0 Å². The summed E-state index contributed by atoms with van der Waals surface area (Å²) >= 11 is 0. The number of carbonyl (C=O) groups excluding carboxylic acids is 1. The molecule has 78 valence electrons. The van der Waals surface area contributed by atoms with Crippen LogP contribution in [0.2, 0.25) is 0 Å². The van der Waals surface area contributed by atoms with E-state index in [1.807, 2.05) is 26.1 Å². The van der Waals surface area contributed by atoms with Gasteiger partial charge in [-0.1, -0.05) is 6.07 Å². The number of aromatic nitrogens is 1. The molecule has 0 radical (unpaired) electrons. The average Bonchev–Trinajstić information content (AvgIpc) is 2.54. The van der Waals surface area contributed by atoms with E-state index in [4.69, 9.17) is 0 Å². The zero-order chi connectivity index (χ0) is 11.0. The Labute approximate surface area is 88.3 Å². The van der Waals surface area contributed by atoms with Crippen molar-refractivity contribution in [2.24, 2.45) is 7.05 Å². The van der Waals surface area contributed by atoms with E-state index in [-0.39, 0.29) is 5.97 Å². The van der Waals surface area contributed by atoms with Crippen molar-refractivity contribution >= 4 is 16.9 Å². The fraction of sp³-hybridized carbons (Fsp3) is 0.250. The molecule has 1 heterocycles. The molecule has 0 saturated heterocycles. The SMILES string of the molecule is COC(=O)c1ccc2cc(C)n(C)c2c1. The van der Waals surface area contributed by atoms with Gasteiger partial charge in [0.15, 0.2) is 0 Å². The molecule has 0 aliphatic heterocycles. The Hall–Kier alpha value is -1.77. The predicted molar refractivity (Wildman–Crippen MR) is 59.0 cm³/mol. The third-order valence-electron chi connectivity index (χ3n) is 2.71. The number of benzene rings is 1. The van der Waals surface area contributed by atoms with Gasteiger partial charge in [-0.3, -0.25) is 0 Å². The van der Waals surface area contributed by atoms with Gasteiger partial charge in [0.1, 0.15) is 0 Å². The molecule has 0 saturated carbocycles. The minimum Gasteiger partial charge on any atom is -0.465 e. The maximum Gasteiger partial charge on any atom is 0.337 e. The molecule has 0 amide bonds. The molecule has 0 atom stereocenters. The molecule has 15 heavy (non-hydrogen) atoms. The Morgan fingerprint density at radius 2 is 2.07 bits per heavy atom. The normalized spacial score (nSPS) is 10.6. The van der Waals surface area contributed by atoms with E-state index in [2.05, 4.69) is 15.4 Å². The number of fused-ring (bicyclic) bond motifs is 1. The van der Waals surface area contributed by atoms with E-state index < -0.39 is 0 Å². The van der Waals surface area contributed by atoms with Gasteiger partial charge in [-0.15, -0.1) is 0 Å². The van der Waals surface area contributed by atoms with E-state index >= 15 is 0 Å². The molecule has 1 aromatic carbocycles. The van der Waals surface area contributed by atoms with E-state index in [0.717, 1.165) is 10.9 Å². The van der Waals surface area contributed by atoms with Crippen molar-refractivity contribution in [3.8, 4) is 0 Å². The summed E-state index contributed by atoms with van der Waals surface area (Å²) in [4.78, 5) is 11.3. The summed E-state index contributed by atoms with van der Waals surface area (Å²) in [6.07, 6.45) is 0. The number of rotatable bonds is 1. The summed E-state index contributed by atoms with van der Waals surface area (Å²) in [5, 5.41) is 1.14. The van der Waals surface area contributed by atoms with Crippen molar-refractivity contribution in [2.75, 3.05) is 7.11 Å². The topological polar surface area (TPSA) is 31.2 Å². The molecule has 2 rings (SSSR count). The molecule has 0 N–H and O–H groups in total. The number of nitrogens with zero attached hydrogens (tertiary/aromatic N) is 1. The third-order valence-corrected chi connectivity index (χ3v) is 2.71. The van der Waals surface area contributed by atoms with Crippen LogP contribution >= 0.6 is 0 Å². The molecule has 0 unspecified atom stereocenters. The number of aryl methyl sites for hydroxylation is 2. The Bertz CT molecular complexity index is 526. The van der Waals surface area contributed by atoms with Gasteiger partial charge in [-0.2, -0.15) is 0 Å². The van der Waals surface area contributed by atoms with Crippen LogP contribution in [-0.4, -0.2) is 17.6 Å². The van der Waals surface area contributed by atoms with Crippen LogP contribution in [0.25, 0.3) is 10.9 Å². The van der Waals surface area contributed by atoms with Gasteiger partial charge in [0, 0.05) is 18.3 Å². The Kier molecular flexibility index (Phi) is 2.23. The van der Waals surface area contributed by atoms with Crippen molar-refractivity contribution in [1.82, 2.24) is 4.57 Å². The van der Waals surface area contributed by atoms with Crippen LogP contribution in [0.1, 0.15) is 16.1 Å². The lowest BCUT2D eigenvalue weighted by molar-refractivity contribution is 0.0601. The summed E-state index contributed by atoms with van der Waals surface area (Å²) < 4.78 is 6.74. The minimum atomic E-state index is -0.296. The Balaban J connectivity index is 2.64. The molecule has 0 aliphatic rings. The van der Waals surface area contributed by atoms with Crippen molar-refractivity contribution < 1.29 is 9.53 Å². The summed E-state index contributed by atoms with van der Waals surface area (Å²) in [7, 11) is 3.38. The number of carbonyl (C=O) groups is 1. The number of ether oxygens (including phenoxy) is 1. The van der Waals surface area contributed by atoms with Crippen LogP contribution in [-0.2, 0) is 11.8 Å². The lowest BCUT2D eigenvalue weighted by Gasteiger charge is -2.01. The van der Waals surface area contributed by atoms with Crippen LogP contribution in [0.15, 0.2) is 24.3 Å². The highest BCUT2D eigenvalue weighted by molar-refractivity contribution is 5.94. The summed E-state index contributed by atoms with van der Waals surface area (Å²) in [5.41, 5.74) is 2.81. The molecular formula is C12H13NO2. The van der Waals surface area contributed by atoms with Gasteiger partial charge >= 0.3 is 5.97 Å². The second-order valence-electron chi connectivity index (χ2n) is 3.61. The summed E-state index contributed by atoms with van der Waals surface area (Å²) in [5.74, 6) is -0.296. The second-order valence-corrected chi connectivity index (χ2v) is 3.61. The first-order valence-electron chi connectivity index (χ1n) is 4.78. The van der Waals surface area contributed by atoms with Crippen LogP contribution < -0.4 is 0 Å². The highest BCUT2D eigenvalue weighted by atomic mass is 16.5.